The SMILES string of the molecule is Cc1cc(CNC(=O)c2ccno2)nc(N2CCCC2)n1. The van der Waals surface area contributed by atoms with Gasteiger partial charge < -0.3 is 14.7 Å². The highest BCUT2D eigenvalue weighted by Gasteiger charge is 2.16. The van der Waals surface area contributed by atoms with Crippen molar-refractivity contribution in [2.75, 3.05) is 18.0 Å². The summed E-state index contributed by atoms with van der Waals surface area (Å²) < 4.78 is 4.81. The Morgan fingerprint density at radius 3 is 2.90 bits per heavy atom. The monoisotopic (exact) mass is 287 g/mol. The Bertz CT molecular complexity index is 620. The maximum atomic E-state index is 11.8. The molecule has 21 heavy (non-hydrogen) atoms. The number of hydrogen-bond donors (Lipinski definition) is 1. The van der Waals surface area contributed by atoms with Crippen molar-refractivity contribution in [1.29, 1.82) is 0 Å². The first-order valence-corrected chi connectivity index (χ1v) is 7.01. The Kier molecular flexibility index (Phi) is 3.81. The molecule has 3 heterocycles. The smallest absolute Gasteiger partial charge is 0.290 e. The molecule has 2 aromatic rings. The normalized spacial score (nSPS) is 14.4. The summed E-state index contributed by atoms with van der Waals surface area (Å²) in [5, 5.41) is 6.28. The summed E-state index contributed by atoms with van der Waals surface area (Å²) in [4.78, 5) is 23.0. The van der Waals surface area contributed by atoms with Gasteiger partial charge in [-0.3, -0.25) is 4.79 Å². The van der Waals surface area contributed by atoms with Gasteiger partial charge in [0.05, 0.1) is 18.4 Å². The van der Waals surface area contributed by atoms with Crippen LogP contribution in [-0.2, 0) is 6.54 Å². The van der Waals surface area contributed by atoms with E-state index in [-0.39, 0.29) is 11.7 Å². The molecule has 1 N–H and O–H groups in total. The molecule has 2 aromatic heterocycles. The van der Waals surface area contributed by atoms with E-state index in [1.54, 1.807) is 0 Å². The minimum Gasteiger partial charge on any atom is -0.351 e. The van der Waals surface area contributed by atoms with Crippen molar-refractivity contribution in [1.82, 2.24) is 20.4 Å². The number of nitrogens with one attached hydrogen (secondary N) is 1. The molecule has 1 fully saturated rings. The number of aromatic nitrogens is 3. The minimum atomic E-state index is -0.300. The van der Waals surface area contributed by atoms with E-state index < -0.39 is 0 Å². The van der Waals surface area contributed by atoms with Crippen molar-refractivity contribution in [2.45, 2.75) is 26.3 Å². The first-order chi connectivity index (χ1) is 10.2. The van der Waals surface area contributed by atoms with E-state index >= 15 is 0 Å². The summed E-state index contributed by atoms with van der Waals surface area (Å²) in [5.74, 6) is 0.642. The average molecular weight is 287 g/mol. The lowest BCUT2D eigenvalue weighted by atomic mass is 10.3. The Labute approximate surface area is 122 Å². The molecular formula is C14H17N5O2. The van der Waals surface area contributed by atoms with E-state index in [1.165, 1.54) is 25.1 Å². The van der Waals surface area contributed by atoms with Crippen LogP contribution in [0.4, 0.5) is 5.95 Å². The number of aryl methyl sites for hydroxylation is 1. The summed E-state index contributed by atoms with van der Waals surface area (Å²) in [6, 6.07) is 3.40. The topological polar surface area (TPSA) is 84.2 Å². The molecule has 3 rings (SSSR count). The van der Waals surface area contributed by atoms with Crippen LogP contribution in [0.5, 0.6) is 0 Å². The van der Waals surface area contributed by atoms with Gasteiger partial charge in [0, 0.05) is 24.8 Å². The van der Waals surface area contributed by atoms with E-state index in [2.05, 4.69) is 25.3 Å². The zero-order chi connectivity index (χ0) is 14.7. The zero-order valence-corrected chi connectivity index (χ0v) is 11.9. The highest BCUT2D eigenvalue weighted by atomic mass is 16.5. The fourth-order valence-corrected chi connectivity index (χ4v) is 2.36. The first kappa shape index (κ1) is 13.5. The molecule has 110 valence electrons. The van der Waals surface area contributed by atoms with Crippen LogP contribution >= 0.6 is 0 Å². The summed E-state index contributed by atoms with van der Waals surface area (Å²) in [7, 11) is 0. The Morgan fingerprint density at radius 2 is 2.19 bits per heavy atom. The van der Waals surface area contributed by atoms with Gasteiger partial charge in [0.15, 0.2) is 0 Å². The number of carbonyl (C=O) groups excluding carboxylic acids is 1. The molecule has 1 saturated heterocycles. The molecule has 0 unspecified atom stereocenters. The number of anilines is 1. The Hall–Kier alpha value is -2.44. The van der Waals surface area contributed by atoms with Crippen LogP contribution in [0, 0.1) is 6.92 Å². The summed E-state index contributed by atoms with van der Waals surface area (Å²) in [6.07, 6.45) is 3.79. The summed E-state index contributed by atoms with van der Waals surface area (Å²) in [6.45, 7) is 4.26. The highest BCUT2D eigenvalue weighted by molar-refractivity contribution is 5.91. The highest BCUT2D eigenvalue weighted by Crippen LogP contribution is 2.16. The molecule has 7 heteroatoms. The van der Waals surface area contributed by atoms with Crippen molar-refractivity contribution in [3.05, 3.63) is 35.5 Å². The maximum absolute atomic E-state index is 11.8. The van der Waals surface area contributed by atoms with Gasteiger partial charge in [-0.15, -0.1) is 0 Å². The van der Waals surface area contributed by atoms with Crippen LogP contribution in [0.2, 0.25) is 0 Å². The Balaban J connectivity index is 1.69. The summed E-state index contributed by atoms with van der Waals surface area (Å²) >= 11 is 0. The van der Waals surface area contributed by atoms with Crippen LogP contribution in [0.25, 0.3) is 0 Å². The van der Waals surface area contributed by atoms with E-state index in [9.17, 15) is 4.79 Å². The molecule has 0 spiro atoms. The van der Waals surface area contributed by atoms with Crippen molar-refractivity contribution in [2.24, 2.45) is 0 Å². The fourth-order valence-electron chi connectivity index (χ4n) is 2.36. The molecule has 0 atom stereocenters. The minimum absolute atomic E-state index is 0.195. The molecule has 1 aliphatic rings. The second-order valence-corrected chi connectivity index (χ2v) is 5.05. The molecule has 1 aliphatic heterocycles. The lowest BCUT2D eigenvalue weighted by molar-refractivity contribution is 0.0913. The predicted molar refractivity (Wildman–Crippen MR) is 75.9 cm³/mol. The predicted octanol–water partition coefficient (Wildman–Crippen LogP) is 1.30. The lowest BCUT2D eigenvalue weighted by Crippen LogP contribution is -2.25. The van der Waals surface area contributed by atoms with Crippen molar-refractivity contribution >= 4 is 11.9 Å². The van der Waals surface area contributed by atoms with Crippen LogP contribution in [0.1, 0.15) is 34.8 Å². The lowest BCUT2D eigenvalue weighted by Gasteiger charge is -2.16. The van der Waals surface area contributed by atoms with Crippen LogP contribution < -0.4 is 10.2 Å². The Morgan fingerprint density at radius 1 is 1.38 bits per heavy atom. The van der Waals surface area contributed by atoms with Gasteiger partial charge in [-0.05, 0) is 25.8 Å². The molecule has 0 aromatic carbocycles. The van der Waals surface area contributed by atoms with Crippen molar-refractivity contribution in [3.8, 4) is 0 Å². The maximum Gasteiger partial charge on any atom is 0.290 e. The van der Waals surface area contributed by atoms with E-state index in [0.29, 0.717) is 6.54 Å². The largest absolute Gasteiger partial charge is 0.351 e. The molecule has 0 radical (unpaired) electrons. The van der Waals surface area contributed by atoms with Gasteiger partial charge in [0.25, 0.3) is 5.91 Å². The summed E-state index contributed by atoms with van der Waals surface area (Å²) in [5.41, 5.74) is 1.69. The number of amides is 1. The second-order valence-electron chi connectivity index (χ2n) is 5.05. The van der Waals surface area contributed by atoms with Crippen molar-refractivity contribution < 1.29 is 9.32 Å². The third-order valence-corrected chi connectivity index (χ3v) is 3.38. The number of carbonyl (C=O) groups is 1. The third kappa shape index (κ3) is 3.18. The molecule has 7 nitrogen and oxygen atoms in total. The van der Waals surface area contributed by atoms with Crippen LogP contribution in [0.3, 0.4) is 0 Å². The van der Waals surface area contributed by atoms with Gasteiger partial charge in [0.1, 0.15) is 0 Å². The van der Waals surface area contributed by atoms with Gasteiger partial charge in [-0.2, -0.15) is 0 Å². The molecule has 1 amide bonds. The van der Waals surface area contributed by atoms with Crippen molar-refractivity contribution in [3.63, 3.8) is 0 Å². The zero-order valence-electron chi connectivity index (χ0n) is 11.9. The van der Waals surface area contributed by atoms with Crippen LogP contribution in [0.15, 0.2) is 22.9 Å². The van der Waals surface area contributed by atoms with E-state index in [4.69, 9.17) is 4.52 Å². The second kappa shape index (κ2) is 5.90. The van der Waals surface area contributed by atoms with Gasteiger partial charge >= 0.3 is 0 Å². The standard InChI is InChI=1S/C14H17N5O2/c1-10-8-11(9-15-13(20)12-4-5-16-21-12)18-14(17-10)19-6-2-3-7-19/h4-5,8H,2-3,6-7,9H2,1H3,(H,15,20). The molecule has 0 aliphatic carbocycles. The number of hydrogen-bond acceptors (Lipinski definition) is 6. The fraction of sp³-hybridized carbons (Fsp3) is 0.429. The van der Waals surface area contributed by atoms with E-state index in [1.807, 2.05) is 13.0 Å². The van der Waals surface area contributed by atoms with Gasteiger partial charge in [-0.1, -0.05) is 5.16 Å². The van der Waals surface area contributed by atoms with Gasteiger partial charge in [0.2, 0.25) is 11.7 Å². The van der Waals surface area contributed by atoms with E-state index in [0.717, 1.165) is 30.4 Å². The molecule has 0 bridgehead atoms. The van der Waals surface area contributed by atoms with Crippen LogP contribution in [-0.4, -0.2) is 34.1 Å². The quantitative estimate of drug-likeness (QED) is 0.912. The number of rotatable bonds is 4. The number of nitrogens with zero attached hydrogens (tertiary/aromatic N) is 4. The first-order valence-electron chi connectivity index (χ1n) is 7.01. The molecule has 0 saturated carbocycles. The van der Waals surface area contributed by atoms with Gasteiger partial charge in [-0.25, -0.2) is 9.97 Å². The third-order valence-electron chi connectivity index (χ3n) is 3.38. The molecular weight excluding hydrogens is 270 g/mol. The average Bonchev–Trinajstić information content (AvgIpc) is 3.16.